The summed E-state index contributed by atoms with van der Waals surface area (Å²) in [5.74, 6) is -1.22. The second-order valence-corrected chi connectivity index (χ2v) is 5.47. The number of rotatable bonds is 2. The molecule has 0 saturated carbocycles. The molecular formula is C15H21NO3S. The maximum Gasteiger partial charge on any atom is 0.324 e. The van der Waals surface area contributed by atoms with E-state index < -0.39 is 5.97 Å². The Kier molecular flexibility index (Phi) is 6.58. The highest BCUT2D eigenvalue weighted by Crippen LogP contribution is 2.32. The molecule has 1 heterocycles. The number of carbonyl (C=O) groups is 2. The van der Waals surface area contributed by atoms with Gasteiger partial charge in [-0.3, -0.25) is 13.9 Å². The van der Waals surface area contributed by atoms with Gasteiger partial charge in [-0.05, 0) is 36.4 Å². The standard InChI is InChI=1S/C13H15NO3S.C2H6/c1-9-6-7-10-4-2-3-5-11(10)18-14(13(9)17)8-12(15)16;1-2/h2-5,9H,6-8H2,1H3,(H,15,16);1-2H3/t9-;/m1./s1. The van der Waals surface area contributed by atoms with Crippen LogP contribution in [-0.4, -0.2) is 27.8 Å². The van der Waals surface area contributed by atoms with E-state index in [1.807, 2.05) is 45.0 Å². The Morgan fingerprint density at radius 3 is 2.70 bits per heavy atom. The minimum atomic E-state index is -0.985. The van der Waals surface area contributed by atoms with Gasteiger partial charge < -0.3 is 5.11 Å². The summed E-state index contributed by atoms with van der Waals surface area (Å²) in [4.78, 5) is 23.9. The molecule has 0 unspecified atom stereocenters. The van der Waals surface area contributed by atoms with Gasteiger partial charge in [-0.25, -0.2) is 0 Å². The van der Waals surface area contributed by atoms with E-state index in [9.17, 15) is 9.59 Å². The third-order valence-corrected chi connectivity index (χ3v) is 4.10. The lowest BCUT2D eigenvalue weighted by Crippen LogP contribution is -2.35. The van der Waals surface area contributed by atoms with Gasteiger partial charge in [-0.1, -0.05) is 39.0 Å². The summed E-state index contributed by atoms with van der Waals surface area (Å²) in [6.45, 7) is 5.59. The van der Waals surface area contributed by atoms with E-state index >= 15 is 0 Å². The van der Waals surface area contributed by atoms with Crippen molar-refractivity contribution in [1.29, 1.82) is 0 Å². The SMILES string of the molecule is CC.C[C@@H]1CCc2ccccc2SN(CC(=O)O)C1=O. The molecule has 1 aliphatic rings. The number of hydrogen-bond donors (Lipinski definition) is 1. The highest BCUT2D eigenvalue weighted by atomic mass is 32.2. The molecule has 0 bridgehead atoms. The molecule has 1 atom stereocenters. The predicted octanol–water partition coefficient (Wildman–Crippen LogP) is 3.22. The molecule has 0 spiro atoms. The first-order chi connectivity index (χ1) is 9.58. The van der Waals surface area contributed by atoms with Crippen LogP contribution in [0.4, 0.5) is 0 Å². The van der Waals surface area contributed by atoms with Gasteiger partial charge in [0.05, 0.1) is 0 Å². The molecule has 20 heavy (non-hydrogen) atoms. The molecular weight excluding hydrogens is 274 g/mol. The van der Waals surface area contributed by atoms with Gasteiger partial charge in [-0.15, -0.1) is 0 Å². The lowest BCUT2D eigenvalue weighted by atomic mass is 10.00. The first kappa shape index (κ1) is 16.6. The van der Waals surface area contributed by atoms with Gasteiger partial charge in [0.2, 0.25) is 5.91 Å². The summed E-state index contributed by atoms with van der Waals surface area (Å²) in [7, 11) is 0. The molecule has 0 aliphatic carbocycles. The number of carboxylic acid groups (broad SMARTS) is 1. The molecule has 0 aromatic heterocycles. The van der Waals surface area contributed by atoms with E-state index in [0.717, 1.165) is 17.7 Å². The van der Waals surface area contributed by atoms with E-state index in [-0.39, 0.29) is 18.4 Å². The van der Waals surface area contributed by atoms with Crippen LogP contribution in [0.15, 0.2) is 29.2 Å². The Labute approximate surface area is 124 Å². The van der Waals surface area contributed by atoms with E-state index in [4.69, 9.17) is 5.11 Å². The number of aliphatic carboxylic acids is 1. The summed E-state index contributed by atoms with van der Waals surface area (Å²) in [6.07, 6.45) is 1.61. The number of carboxylic acids is 1. The van der Waals surface area contributed by atoms with Gasteiger partial charge in [0.25, 0.3) is 0 Å². The second-order valence-electron chi connectivity index (χ2n) is 4.41. The van der Waals surface area contributed by atoms with Crippen molar-refractivity contribution in [3.8, 4) is 0 Å². The van der Waals surface area contributed by atoms with E-state index in [0.29, 0.717) is 0 Å². The number of benzene rings is 1. The van der Waals surface area contributed by atoms with Crippen LogP contribution in [0.3, 0.4) is 0 Å². The molecule has 0 radical (unpaired) electrons. The van der Waals surface area contributed by atoms with Crippen molar-refractivity contribution in [3.63, 3.8) is 0 Å². The number of aryl methyl sites for hydroxylation is 1. The first-order valence-corrected chi connectivity index (χ1v) is 7.64. The van der Waals surface area contributed by atoms with Crippen molar-refractivity contribution in [3.05, 3.63) is 29.8 Å². The number of amides is 1. The molecule has 1 aromatic carbocycles. The van der Waals surface area contributed by atoms with Gasteiger partial charge in [0, 0.05) is 10.8 Å². The Hall–Kier alpha value is -1.49. The molecule has 1 N–H and O–H groups in total. The fourth-order valence-corrected chi connectivity index (χ4v) is 3.05. The topological polar surface area (TPSA) is 57.6 Å². The highest BCUT2D eigenvalue weighted by Gasteiger charge is 2.26. The maximum absolute atomic E-state index is 12.1. The van der Waals surface area contributed by atoms with Crippen LogP contribution in [0.5, 0.6) is 0 Å². The van der Waals surface area contributed by atoms with Crippen LogP contribution in [0.25, 0.3) is 0 Å². The maximum atomic E-state index is 12.1. The van der Waals surface area contributed by atoms with Crippen LogP contribution in [0.1, 0.15) is 32.8 Å². The molecule has 0 saturated heterocycles. The minimum Gasteiger partial charge on any atom is -0.480 e. The molecule has 5 heteroatoms. The highest BCUT2D eigenvalue weighted by molar-refractivity contribution is 7.97. The summed E-state index contributed by atoms with van der Waals surface area (Å²) in [6, 6.07) is 7.83. The van der Waals surface area contributed by atoms with Gasteiger partial charge >= 0.3 is 5.97 Å². The Bertz CT molecular complexity index is 476. The van der Waals surface area contributed by atoms with Crippen LogP contribution < -0.4 is 0 Å². The van der Waals surface area contributed by atoms with Crippen molar-refractivity contribution in [2.75, 3.05) is 6.54 Å². The largest absolute Gasteiger partial charge is 0.480 e. The smallest absolute Gasteiger partial charge is 0.324 e. The molecule has 2 rings (SSSR count). The normalized spacial score (nSPS) is 18.2. The van der Waals surface area contributed by atoms with E-state index in [1.54, 1.807) is 0 Å². The van der Waals surface area contributed by atoms with E-state index in [2.05, 4.69) is 0 Å². The molecule has 4 nitrogen and oxygen atoms in total. The van der Waals surface area contributed by atoms with Crippen molar-refractivity contribution in [1.82, 2.24) is 4.31 Å². The van der Waals surface area contributed by atoms with Gasteiger partial charge in [-0.2, -0.15) is 0 Å². The Morgan fingerprint density at radius 2 is 2.05 bits per heavy atom. The lowest BCUT2D eigenvalue weighted by molar-refractivity contribution is -0.142. The average Bonchev–Trinajstić information content (AvgIpc) is 2.45. The second kappa shape index (κ2) is 7.94. The summed E-state index contributed by atoms with van der Waals surface area (Å²) in [5.41, 5.74) is 1.18. The van der Waals surface area contributed by atoms with Gasteiger partial charge in [0.1, 0.15) is 6.54 Å². The average molecular weight is 295 g/mol. The molecule has 1 aromatic rings. The zero-order chi connectivity index (χ0) is 15.1. The zero-order valence-electron chi connectivity index (χ0n) is 12.1. The van der Waals surface area contributed by atoms with Gasteiger partial charge in [0.15, 0.2) is 0 Å². The zero-order valence-corrected chi connectivity index (χ0v) is 12.9. The summed E-state index contributed by atoms with van der Waals surface area (Å²) < 4.78 is 1.35. The first-order valence-electron chi connectivity index (χ1n) is 6.87. The fourth-order valence-electron chi connectivity index (χ4n) is 1.94. The molecule has 0 fully saturated rings. The molecule has 1 aliphatic heterocycles. The molecule has 1 amide bonds. The Balaban J connectivity index is 0.000000956. The van der Waals surface area contributed by atoms with Crippen molar-refractivity contribution in [2.45, 2.75) is 38.5 Å². The number of fused-ring (bicyclic) bond motifs is 1. The van der Waals surface area contributed by atoms with Crippen LogP contribution >= 0.6 is 11.9 Å². The monoisotopic (exact) mass is 295 g/mol. The van der Waals surface area contributed by atoms with Crippen LogP contribution in [0.2, 0.25) is 0 Å². The minimum absolute atomic E-state index is 0.100. The number of hydrogen-bond acceptors (Lipinski definition) is 3. The number of carbonyl (C=O) groups excluding carboxylic acids is 1. The summed E-state index contributed by atoms with van der Waals surface area (Å²) >= 11 is 1.23. The van der Waals surface area contributed by atoms with Crippen molar-refractivity contribution in [2.24, 2.45) is 5.92 Å². The summed E-state index contributed by atoms with van der Waals surface area (Å²) in [5, 5.41) is 8.87. The lowest BCUT2D eigenvalue weighted by Gasteiger charge is -2.26. The Morgan fingerprint density at radius 1 is 1.40 bits per heavy atom. The third kappa shape index (κ3) is 4.27. The third-order valence-electron chi connectivity index (χ3n) is 2.97. The van der Waals surface area contributed by atoms with Crippen molar-refractivity contribution >= 4 is 23.8 Å². The molecule has 110 valence electrons. The fraction of sp³-hybridized carbons (Fsp3) is 0.467. The predicted molar refractivity (Wildman–Crippen MR) is 80.5 cm³/mol. The van der Waals surface area contributed by atoms with Crippen LogP contribution in [0, 0.1) is 5.92 Å². The van der Waals surface area contributed by atoms with Crippen LogP contribution in [-0.2, 0) is 16.0 Å². The number of nitrogens with zero attached hydrogens (tertiary/aromatic N) is 1. The van der Waals surface area contributed by atoms with Crippen molar-refractivity contribution < 1.29 is 14.7 Å². The van der Waals surface area contributed by atoms with E-state index in [1.165, 1.54) is 21.8 Å². The quantitative estimate of drug-likeness (QED) is 0.851.